The maximum atomic E-state index is 12.8. The van der Waals surface area contributed by atoms with Crippen LogP contribution in [0.4, 0.5) is 0 Å². The molecule has 1 aliphatic heterocycles. The smallest absolute Gasteiger partial charge is 0.271 e. The summed E-state index contributed by atoms with van der Waals surface area (Å²) in [5.41, 5.74) is 1.62. The minimum Gasteiger partial charge on any atom is -0.378 e. The Morgan fingerprint density at radius 3 is 2.71 bits per heavy atom. The fraction of sp³-hybridized carbons (Fsp3) is 0.476. The van der Waals surface area contributed by atoms with Gasteiger partial charge in [0.15, 0.2) is 5.69 Å². The van der Waals surface area contributed by atoms with Gasteiger partial charge in [-0.2, -0.15) is 5.10 Å². The number of hydrogen-bond donors (Lipinski definition) is 2. The van der Waals surface area contributed by atoms with Gasteiger partial charge in [0.1, 0.15) is 5.69 Å². The summed E-state index contributed by atoms with van der Waals surface area (Å²) in [4.78, 5) is 24.9. The van der Waals surface area contributed by atoms with Gasteiger partial charge in [-0.3, -0.25) is 14.3 Å². The van der Waals surface area contributed by atoms with Crippen molar-refractivity contribution in [3.8, 4) is 0 Å². The Morgan fingerprint density at radius 1 is 1.25 bits per heavy atom. The molecule has 150 valence electrons. The van der Waals surface area contributed by atoms with Crippen LogP contribution in [0.25, 0.3) is 0 Å². The van der Waals surface area contributed by atoms with Gasteiger partial charge in [0, 0.05) is 26.3 Å². The Morgan fingerprint density at radius 2 is 2.04 bits per heavy atom. The first-order valence-electron chi connectivity index (χ1n) is 9.86. The van der Waals surface area contributed by atoms with Gasteiger partial charge >= 0.3 is 0 Å². The molecule has 7 heteroatoms. The molecule has 0 bridgehead atoms. The van der Waals surface area contributed by atoms with Crippen molar-refractivity contribution in [3.63, 3.8) is 0 Å². The van der Waals surface area contributed by atoms with Crippen LogP contribution in [-0.4, -0.2) is 47.9 Å². The maximum Gasteiger partial charge on any atom is 0.271 e. The van der Waals surface area contributed by atoms with E-state index in [9.17, 15) is 9.59 Å². The lowest BCUT2D eigenvalue weighted by Gasteiger charge is -2.22. The van der Waals surface area contributed by atoms with Crippen molar-refractivity contribution in [2.45, 2.75) is 44.8 Å². The molecule has 2 heterocycles. The Labute approximate surface area is 165 Å². The molecule has 0 aliphatic carbocycles. The highest BCUT2D eigenvalue weighted by Crippen LogP contribution is 2.20. The third-order valence-electron chi connectivity index (χ3n) is 5.10. The van der Waals surface area contributed by atoms with E-state index in [1.165, 1.54) is 6.42 Å². The van der Waals surface area contributed by atoms with Crippen LogP contribution in [0.2, 0.25) is 0 Å². The van der Waals surface area contributed by atoms with E-state index in [1.807, 2.05) is 37.3 Å². The first-order valence-corrected chi connectivity index (χ1v) is 9.86. The van der Waals surface area contributed by atoms with E-state index in [2.05, 4.69) is 15.7 Å². The lowest BCUT2D eigenvalue weighted by Crippen LogP contribution is -2.31. The predicted molar refractivity (Wildman–Crippen MR) is 106 cm³/mol. The second-order valence-corrected chi connectivity index (χ2v) is 7.06. The molecule has 0 spiro atoms. The average Bonchev–Trinajstić information content (AvgIpc) is 3.19. The van der Waals surface area contributed by atoms with Gasteiger partial charge in [-0.05, 0) is 38.2 Å². The fourth-order valence-electron chi connectivity index (χ4n) is 3.44. The molecule has 1 aliphatic rings. The van der Waals surface area contributed by atoms with E-state index in [4.69, 9.17) is 4.74 Å². The Balaban J connectivity index is 1.74. The molecule has 0 radical (unpaired) electrons. The number of nitrogens with zero attached hydrogens (tertiary/aromatic N) is 2. The van der Waals surface area contributed by atoms with Crippen LogP contribution in [0.3, 0.4) is 0 Å². The quantitative estimate of drug-likeness (QED) is 0.768. The summed E-state index contributed by atoms with van der Waals surface area (Å²) in [6.45, 7) is 3.29. The second-order valence-electron chi connectivity index (χ2n) is 7.06. The summed E-state index contributed by atoms with van der Waals surface area (Å²) < 4.78 is 7.33. The summed E-state index contributed by atoms with van der Waals surface area (Å²) in [5, 5.41) is 9.91. The highest BCUT2D eigenvalue weighted by molar-refractivity contribution is 5.97. The Bertz CT molecular complexity index is 797. The summed E-state index contributed by atoms with van der Waals surface area (Å²) in [6, 6.07) is 11.2. The number of carbonyl (C=O) groups excluding carboxylic acids is 2. The number of carbonyl (C=O) groups is 2. The molecule has 2 atom stereocenters. The predicted octanol–water partition coefficient (Wildman–Crippen LogP) is 2.54. The van der Waals surface area contributed by atoms with Crippen molar-refractivity contribution in [3.05, 3.63) is 53.3 Å². The van der Waals surface area contributed by atoms with Crippen molar-refractivity contribution in [1.82, 2.24) is 20.4 Å². The van der Waals surface area contributed by atoms with Gasteiger partial charge in [0.2, 0.25) is 0 Å². The van der Waals surface area contributed by atoms with E-state index >= 15 is 0 Å². The summed E-state index contributed by atoms with van der Waals surface area (Å²) >= 11 is 0. The highest BCUT2D eigenvalue weighted by atomic mass is 16.5. The Kier molecular flexibility index (Phi) is 6.81. The molecule has 2 amide bonds. The van der Waals surface area contributed by atoms with Crippen LogP contribution >= 0.6 is 0 Å². The summed E-state index contributed by atoms with van der Waals surface area (Å²) in [5.74, 6) is -0.551. The average molecular weight is 384 g/mol. The lowest BCUT2D eigenvalue weighted by atomic mass is 10.1. The van der Waals surface area contributed by atoms with E-state index in [0.717, 1.165) is 31.4 Å². The van der Waals surface area contributed by atoms with Gasteiger partial charge in [0.25, 0.3) is 11.8 Å². The molecular formula is C21H28N4O3. The fourth-order valence-corrected chi connectivity index (χ4v) is 3.44. The monoisotopic (exact) mass is 384 g/mol. The van der Waals surface area contributed by atoms with Crippen LogP contribution < -0.4 is 10.6 Å². The van der Waals surface area contributed by atoms with Gasteiger partial charge in [-0.1, -0.05) is 30.3 Å². The zero-order valence-electron chi connectivity index (χ0n) is 16.5. The molecule has 0 saturated carbocycles. The molecule has 1 aromatic carbocycles. The van der Waals surface area contributed by atoms with Gasteiger partial charge < -0.3 is 15.4 Å². The van der Waals surface area contributed by atoms with Crippen molar-refractivity contribution in [2.75, 3.05) is 20.2 Å². The van der Waals surface area contributed by atoms with Crippen LogP contribution in [-0.2, 0) is 4.74 Å². The van der Waals surface area contributed by atoms with Gasteiger partial charge in [0.05, 0.1) is 12.1 Å². The SMILES string of the molecule is CNC(=O)c1cc(C(=O)NCCC2CCCCO2)n([C@@H](C)c2ccccc2)n1. The van der Waals surface area contributed by atoms with Crippen LogP contribution in [0.15, 0.2) is 36.4 Å². The van der Waals surface area contributed by atoms with Crippen molar-refractivity contribution in [2.24, 2.45) is 0 Å². The van der Waals surface area contributed by atoms with Crippen molar-refractivity contribution < 1.29 is 14.3 Å². The second kappa shape index (κ2) is 9.50. The first kappa shape index (κ1) is 20.1. The maximum absolute atomic E-state index is 12.8. The van der Waals surface area contributed by atoms with Gasteiger partial charge in [-0.25, -0.2) is 0 Å². The normalized spacial score (nSPS) is 17.7. The van der Waals surface area contributed by atoms with E-state index in [0.29, 0.717) is 12.2 Å². The molecule has 3 rings (SSSR count). The summed E-state index contributed by atoms with van der Waals surface area (Å²) in [6.07, 6.45) is 4.33. The molecule has 28 heavy (non-hydrogen) atoms. The minimum atomic E-state index is -0.316. The molecule has 2 aromatic rings. The minimum absolute atomic E-state index is 0.179. The van der Waals surface area contributed by atoms with Crippen LogP contribution in [0.1, 0.15) is 65.2 Å². The topological polar surface area (TPSA) is 85.3 Å². The molecule has 1 fully saturated rings. The largest absolute Gasteiger partial charge is 0.378 e. The molecule has 2 N–H and O–H groups in total. The number of amides is 2. The zero-order valence-corrected chi connectivity index (χ0v) is 16.5. The number of ether oxygens (including phenoxy) is 1. The molecule has 1 aromatic heterocycles. The third kappa shape index (κ3) is 4.78. The van der Waals surface area contributed by atoms with Crippen molar-refractivity contribution >= 4 is 11.8 Å². The van der Waals surface area contributed by atoms with Crippen LogP contribution in [0, 0.1) is 0 Å². The molecule has 7 nitrogen and oxygen atoms in total. The number of benzene rings is 1. The highest BCUT2D eigenvalue weighted by Gasteiger charge is 2.23. The van der Waals surface area contributed by atoms with Gasteiger partial charge in [-0.15, -0.1) is 0 Å². The lowest BCUT2D eigenvalue weighted by molar-refractivity contribution is 0.0117. The van der Waals surface area contributed by atoms with E-state index < -0.39 is 0 Å². The standard InChI is InChI=1S/C21H28N4O3/c1-15(16-8-4-3-5-9-16)25-19(14-18(24-25)20(26)22-2)21(27)23-12-11-17-10-6-7-13-28-17/h3-5,8-9,14-15,17H,6-7,10-13H2,1-2H3,(H,22,26)(H,23,27)/t15-,17?/m0/s1. The molecular weight excluding hydrogens is 356 g/mol. The van der Waals surface area contributed by atoms with Crippen molar-refractivity contribution in [1.29, 1.82) is 0 Å². The van der Waals surface area contributed by atoms with Crippen LogP contribution in [0.5, 0.6) is 0 Å². The third-order valence-corrected chi connectivity index (χ3v) is 5.10. The number of aromatic nitrogens is 2. The summed E-state index contributed by atoms with van der Waals surface area (Å²) in [7, 11) is 1.55. The van der Waals surface area contributed by atoms with E-state index in [-0.39, 0.29) is 29.7 Å². The first-order chi connectivity index (χ1) is 13.6. The molecule has 1 saturated heterocycles. The number of nitrogens with one attached hydrogen (secondary N) is 2. The molecule has 1 unspecified atom stereocenters. The zero-order chi connectivity index (χ0) is 19.9. The Hall–Kier alpha value is -2.67. The number of rotatable bonds is 7. The van der Waals surface area contributed by atoms with E-state index in [1.54, 1.807) is 17.8 Å². The number of hydrogen-bond acceptors (Lipinski definition) is 4.